The average molecular weight is 436 g/mol. The summed E-state index contributed by atoms with van der Waals surface area (Å²) >= 11 is 0. The van der Waals surface area contributed by atoms with Gasteiger partial charge in [0.25, 0.3) is 0 Å². The molecule has 1 unspecified atom stereocenters. The number of anilines is 2. The summed E-state index contributed by atoms with van der Waals surface area (Å²) in [7, 11) is 0. The van der Waals surface area contributed by atoms with Crippen LogP contribution in [0.3, 0.4) is 0 Å². The van der Waals surface area contributed by atoms with E-state index in [-0.39, 0.29) is 37.2 Å². The highest BCUT2D eigenvalue weighted by Gasteiger charge is 2.19. The molecule has 7 nitrogen and oxygen atoms in total. The van der Waals surface area contributed by atoms with Gasteiger partial charge in [0, 0.05) is 31.7 Å². The zero-order valence-corrected chi connectivity index (χ0v) is 18.4. The molecule has 1 fully saturated rings. The minimum Gasteiger partial charge on any atom is -0.489 e. The third-order valence-electron chi connectivity index (χ3n) is 5.24. The number of benzene rings is 2. The molecule has 0 aromatic heterocycles. The molecule has 0 saturated carbocycles. The fraction of sp³-hybridized carbons (Fsp3) is 0.400. The summed E-state index contributed by atoms with van der Waals surface area (Å²) in [5.74, 6) is 0.137. The normalized spacial score (nSPS) is 15.1. The van der Waals surface area contributed by atoms with Crippen molar-refractivity contribution in [2.45, 2.75) is 45.1 Å². The predicted molar refractivity (Wildman–Crippen MR) is 123 cm³/mol. The minimum atomic E-state index is -0.266. The van der Waals surface area contributed by atoms with Crippen molar-refractivity contribution in [2.75, 3.05) is 30.0 Å². The van der Waals surface area contributed by atoms with Crippen molar-refractivity contribution in [2.24, 2.45) is 0 Å². The van der Waals surface area contributed by atoms with Gasteiger partial charge in [0.2, 0.25) is 11.8 Å². The molecule has 1 heterocycles. The molecule has 0 aliphatic carbocycles. The van der Waals surface area contributed by atoms with Crippen LogP contribution in [0, 0.1) is 18.3 Å². The van der Waals surface area contributed by atoms with Crippen LogP contribution in [0.1, 0.15) is 37.7 Å². The first kappa shape index (κ1) is 23.3. The summed E-state index contributed by atoms with van der Waals surface area (Å²) in [5, 5.41) is 11.8. The van der Waals surface area contributed by atoms with E-state index < -0.39 is 0 Å². The van der Waals surface area contributed by atoms with Crippen LogP contribution >= 0.6 is 0 Å². The van der Waals surface area contributed by atoms with Crippen molar-refractivity contribution < 1.29 is 19.1 Å². The number of nitrogens with one attached hydrogen (secondary N) is 1. The van der Waals surface area contributed by atoms with E-state index in [0.717, 1.165) is 30.7 Å². The van der Waals surface area contributed by atoms with Crippen molar-refractivity contribution >= 4 is 23.2 Å². The molecule has 32 heavy (non-hydrogen) atoms. The molecule has 0 spiro atoms. The van der Waals surface area contributed by atoms with Crippen LogP contribution in [0.4, 0.5) is 11.4 Å². The lowest BCUT2D eigenvalue weighted by atomic mass is 10.2. The number of carbonyl (C=O) groups excluding carboxylic acids is 2. The SMILES string of the molecule is Cc1ccc(NC(=O)CCC(=O)N(CCC#N)c2ccccc2)c(OCC2CCCO2)c1. The Hall–Kier alpha value is -3.37. The highest BCUT2D eigenvalue weighted by molar-refractivity contribution is 5.98. The molecule has 2 amide bonds. The highest BCUT2D eigenvalue weighted by atomic mass is 16.5. The van der Waals surface area contributed by atoms with Crippen LogP contribution in [0.2, 0.25) is 0 Å². The van der Waals surface area contributed by atoms with E-state index in [1.165, 1.54) is 0 Å². The third-order valence-corrected chi connectivity index (χ3v) is 5.24. The molecule has 1 saturated heterocycles. The lowest BCUT2D eigenvalue weighted by Crippen LogP contribution is -2.32. The average Bonchev–Trinajstić information content (AvgIpc) is 3.32. The first-order valence-corrected chi connectivity index (χ1v) is 10.9. The molecule has 168 valence electrons. The largest absolute Gasteiger partial charge is 0.489 e. The van der Waals surface area contributed by atoms with Gasteiger partial charge in [-0.1, -0.05) is 24.3 Å². The van der Waals surface area contributed by atoms with E-state index in [4.69, 9.17) is 14.7 Å². The van der Waals surface area contributed by atoms with E-state index in [2.05, 4.69) is 11.4 Å². The number of amides is 2. The minimum absolute atomic E-state index is 0.0355. The van der Waals surface area contributed by atoms with Gasteiger partial charge in [-0.3, -0.25) is 9.59 Å². The van der Waals surface area contributed by atoms with E-state index >= 15 is 0 Å². The van der Waals surface area contributed by atoms with Crippen molar-refractivity contribution in [3.8, 4) is 11.8 Å². The summed E-state index contributed by atoms with van der Waals surface area (Å²) in [5.41, 5.74) is 2.32. The molecule has 1 atom stereocenters. The van der Waals surface area contributed by atoms with Crippen LogP contribution in [0.15, 0.2) is 48.5 Å². The molecule has 3 rings (SSSR count). The Kier molecular flexibility index (Phi) is 8.64. The number of nitriles is 1. The number of aryl methyl sites for hydroxylation is 1. The molecule has 2 aromatic carbocycles. The van der Waals surface area contributed by atoms with Crippen molar-refractivity contribution in [3.05, 3.63) is 54.1 Å². The second-order valence-electron chi connectivity index (χ2n) is 7.78. The Labute approximate surface area is 188 Å². The zero-order chi connectivity index (χ0) is 22.8. The maximum Gasteiger partial charge on any atom is 0.227 e. The van der Waals surface area contributed by atoms with Crippen molar-refractivity contribution in [3.63, 3.8) is 0 Å². The quantitative estimate of drug-likeness (QED) is 0.603. The number of para-hydroxylation sites is 1. The van der Waals surface area contributed by atoms with Gasteiger partial charge >= 0.3 is 0 Å². The van der Waals surface area contributed by atoms with E-state index in [1.54, 1.807) is 4.90 Å². The van der Waals surface area contributed by atoms with Crippen molar-refractivity contribution in [1.29, 1.82) is 5.26 Å². The molecular weight excluding hydrogens is 406 g/mol. The van der Waals surface area contributed by atoms with Crippen LogP contribution in [-0.4, -0.2) is 37.7 Å². The molecule has 1 aliphatic rings. The third kappa shape index (κ3) is 6.82. The molecule has 1 aliphatic heterocycles. The smallest absolute Gasteiger partial charge is 0.227 e. The first-order valence-electron chi connectivity index (χ1n) is 10.9. The van der Waals surface area contributed by atoms with Gasteiger partial charge in [0.15, 0.2) is 0 Å². The van der Waals surface area contributed by atoms with Gasteiger partial charge in [-0.15, -0.1) is 0 Å². The summed E-state index contributed by atoms with van der Waals surface area (Å²) in [6.07, 6.45) is 2.39. The topological polar surface area (TPSA) is 91.7 Å². The van der Waals surface area contributed by atoms with Crippen LogP contribution < -0.4 is 15.0 Å². The Balaban J connectivity index is 1.57. The fourth-order valence-electron chi connectivity index (χ4n) is 3.55. The number of hydrogen-bond donors (Lipinski definition) is 1. The van der Waals surface area contributed by atoms with Crippen LogP contribution in [0.5, 0.6) is 5.75 Å². The monoisotopic (exact) mass is 435 g/mol. The van der Waals surface area contributed by atoms with Gasteiger partial charge in [-0.05, 0) is 49.6 Å². The standard InChI is InChI=1S/C25H29N3O4/c1-19-10-11-22(23(17-19)32-18-21-9-5-16-31-21)27-24(29)12-13-25(30)28(15-6-14-26)20-7-3-2-4-8-20/h2-4,7-8,10-11,17,21H,5-6,9,12-13,15-16,18H2,1H3,(H,27,29). The summed E-state index contributed by atoms with van der Waals surface area (Å²) in [6, 6.07) is 16.8. The maximum absolute atomic E-state index is 12.8. The zero-order valence-electron chi connectivity index (χ0n) is 18.4. The molecule has 0 radical (unpaired) electrons. The second kappa shape index (κ2) is 11.9. The van der Waals surface area contributed by atoms with E-state index in [0.29, 0.717) is 24.6 Å². The van der Waals surface area contributed by atoms with Gasteiger partial charge in [0.1, 0.15) is 12.4 Å². The second-order valence-corrected chi connectivity index (χ2v) is 7.78. The number of carbonyl (C=O) groups is 2. The fourth-order valence-corrected chi connectivity index (χ4v) is 3.55. The van der Waals surface area contributed by atoms with Gasteiger partial charge in [-0.2, -0.15) is 5.26 Å². The van der Waals surface area contributed by atoms with Gasteiger partial charge in [-0.25, -0.2) is 0 Å². The Bertz CT molecular complexity index is 949. The van der Waals surface area contributed by atoms with Crippen molar-refractivity contribution in [1.82, 2.24) is 0 Å². The lowest BCUT2D eigenvalue weighted by molar-refractivity contribution is -0.122. The Morgan fingerprint density at radius 1 is 1.22 bits per heavy atom. The number of hydrogen-bond acceptors (Lipinski definition) is 5. The molecule has 2 aromatic rings. The summed E-state index contributed by atoms with van der Waals surface area (Å²) < 4.78 is 11.5. The highest BCUT2D eigenvalue weighted by Crippen LogP contribution is 2.27. The van der Waals surface area contributed by atoms with E-state index in [1.807, 2.05) is 55.5 Å². The summed E-state index contributed by atoms with van der Waals surface area (Å²) in [4.78, 5) is 26.9. The molecule has 0 bridgehead atoms. The van der Waals surface area contributed by atoms with E-state index in [9.17, 15) is 9.59 Å². The molecular formula is C25H29N3O4. The summed E-state index contributed by atoms with van der Waals surface area (Å²) in [6.45, 7) is 3.45. The Morgan fingerprint density at radius 3 is 2.75 bits per heavy atom. The number of ether oxygens (including phenoxy) is 2. The first-order chi connectivity index (χ1) is 15.6. The number of rotatable bonds is 10. The molecule has 7 heteroatoms. The maximum atomic E-state index is 12.8. The number of nitrogens with zero attached hydrogens (tertiary/aromatic N) is 2. The van der Waals surface area contributed by atoms with Crippen LogP contribution in [-0.2, 0) is 14.3 Å². The van der Waals surface area contributed by atoms with Gasteiger partial charge < -0.3 is 19.7 Å². The Morgan fingerprint density at radius 2 is 2.03 bits per heavy atom. The molecule has 1 N–H and O–H groups in total. The van der Waals surface area contributed by atoms with Gasteiger partial charge in [0.05, 0.1) is 24.3 Å². The predicted octanol–water partition coefficient (Wildman–Crippen LogP) is 4.22. The lowest BCUT2D eigenvalue weighted by Gasteiger charge is -2.22. The van der Waals surface area contributed by atoms with Crippen LogP contribution in [0.25, 0.3) is 0 Å².